The van der Waals surface area contributed by atoms with Crippen LogP contribution in [-0.4, -0.2) is 42.8 Å². The maximum atomic E-state index is 12.2. The largest absolute Gasteiger partial charge is 0.495 e. The highest BCUT2D eigenvalue weighted by molar-refractivity contribution is 6.32. The molecule has 0 spiro atoms. The van der Waals surface area contributed by atoms with E-state index in [2.05, 4.69) is 5.32 Å². The Morgan fingerprint density at radius 2 is 2.13 bits per heavy atom. The molecule has 23 heavy (non-hydrogen) atoms. The molecule has 1 aromatic rings. The molecule has 1 aliphatic rings. The van der Waals surface area contributed by atoms with Crippen LogP contribution in [-0.2, 0) is 4.74 Å². The van der Waals surface area contributed by atoms with E-state index in [1.807, 2.05) is 32.9 Å². The van der Waals surface area contributed by atoms with Gasteiger partial charge in [-0.2, -0.15) is 0 Å². The van der Waals surface area contributed by atoms with Crippen molar-refractivity contribution in [2.75, 3.05) is 25.5 Å². The minimum absolute atomic E-state index is 0.183. The number of carbonyl (C=O) groups excluding carboxylic acids is 1. The molecule has 0 saturated carbocycles. The van der Waals surface area contributed by atoms with Gasteiger partial charge in [0.1, 0.15) is 11.4 Å². The van der Waals surface area contributed by atoms with Crippen LogP contribution in [0.2, 0.25) is 5.02 Å². The molecule has 6 heteroatoms. The Balaban J connectivity index is 1.97. The fourth-order valence-electron chi connectivity index (χ4n) is 2.57. The maximum Gasteiger partial charge on any atom is 0.410 e. The number of anilines is 1. The molecule has 1 unspecified atom stereocenters. The second kappa shape index (κ2) is 7.30. The molecule has 1 heterocycles. The van der Waals surface area contributed by atoms with Gasteiger partial charge in [-0.3, -0.25) is 0 Å². The molecular formula is C17H25ClN2O3. The van der Waals surface area contributed by atoms with Crippen LogP contribution in [0.15, 0.2) is 18.2 Å². The van der Waals surface area contributed by atoms with E-state index in [0.717, 1.165) is 25.1 Å². The summed E-state index contributed by atoms with van der Waals surface area (Å²) < 4.78 is 10.7. The van der Waals surface area contributed by atoms with E-state index in [0.29, 0.717) is 17.3 Å². The van der Waals surface area contributed by atoms with Gasteiger partial charge in [-0.05, 0) is 45.7 Å². The second-order valence-corrected chi connectivity index (χ2v) is 7.17. The van der Waals surface area contributed by atoms with E-state index in [1.165, 1.54) is 0 Å². The number of benzene rings is 1. The third-order valence-electron chi connectivity index (χ3n) is 3.59. The molecule has 1 amide bonds. The summed E-state index contributed by atoms with van der Waals surface area (Å²) in [6.07, 6.45) is 1.70. The quantitative estimate of drug-likeness (QED) is 0.897. The van der Waals surface area contributed by atoms with Gasteiger partial charge < -0.3 is 19.7 Å². The van der Waals surface area contributed by atoms with Gasteiger partial charge in [-0.1, -0.05) is 11.6 Å². The number of likely N-dealkylation sites (tertiary alicyclic amines) is 1. The lowest BCUT2D eigenvalue weighted by Gasteiger charge is -2.34. The number of rotatable bonds is 3. The van der Waals surface area contributed by atoms with Crippen LogP contribution < -0.4 is 10.1 Å². The fourth-order valence-corrected chi connectivity index (χ4v) is 2.77. The molecule has 1 aromatic carbocycles. The van der Waals surface area contributed by atoms with Crippen molar-refractivity contribution in [3.8, 4) is 5.75 Å². The van der Waals surface area contributed by atoms with Gasteiger partial charge in [0, 0.05) is 30.9 Å². The number of nitrogens with zero attached hydrogens (tertiary/aromatic N) is 1. The van der Waals surface area contributed by atoms with E-state index in [1.54, 1.807) is 18.1 Å². The highest BCUT2D eigenvalue weighted by Crippen LogP contribution is 2.28. The van der Waals surface area contributed by atoms with E-state index in [-0.39, 0.29) is 12.1 Å². The van der Waals surface area contributed by atoms with Crippen LogP contribution >= 0.6 is 11.6 Å². The number of ether oxygens (including phenoxy) is 2. The summed E-state index contributed by atoms with van der Waals surface area (Å²) in [6.45, 7) is 7.00. The number of nitrogens with one attached hydrogen (secondary N) is 1. The molecule has 0 bridgehead atoms. The minimum Gasteiger partial charge on any atom is -0.495 e. The predicted molar refractivity (Wildman–Crippen MR) is 92.5 cm³/mol. The summed E-state index contributed by atoms with van der Waals surface area (Å²) in [4.78, 5) is 14.0. The van der Waals surface area contributed by atoms with E-state index < -0.39 is 5.60 Å². The lowest BCUT2D eigenvalue weighted by atomic mass is 10.1. The SMILES string of the molecule is COc1cc(NC2CCCN(C(=O)OC(C)(C)C)C2)ccc1Cl. The summed E-state index contributed by atoms with van der Waals surface area (Å²) in [5.41, 5.74) is 0.461. The summed E-state index contributed by atoms with van der Waals surface area (Å²) in [7, 11) is 1.59. The molecule has 0 aromatic heterocycles. The zero-order valence-electron chi connectivity index (χ0n) is 14.2. The van der Waals surface area contributed by atoms with Gasteiger partial charge in [0.15, 0.2) is 0 Å². The molecule has 5 nitrogen and oxygen atoms in total. The molecule has 1 atom stereocenters. The summed E-state index contributed by atoms with van der Waals surface area (Å²) in [6, 6.07) is 5.77. The van der Waals surface area contributed by atoms with Crippen LogP contribution in [0.4, 0.5) is 10.5 Å². The highest BCUT2D eigenvalue weighted by Gasteiger charge is 2.27. The average Bonchev–Trinajstić information content (AvgIpc) is 2.48. The zero-order valence-corrected chi connectivity index (χ0v) is 14.9. The lowest BCUT2D eigenvalue weighted by Crippen LogP contribution is -2.46. The Bertz CT molecular complexity index is 557. The molecule has 2 rings (SSSR count). The zero-order chi connectivity index (χ0) is 17.0. The smallest absolute Gasteiger partial charge is 0.410 e. The van der Waals surface area contributed by atoms with Gasteiger partial charge in [0.25, 0.3) is 0 Å². The van der Waals surface area contributed by atoms with Crippen molar-refractivity contribution in [1.82, 2.24) is 4.90 Å². The monoisotopic (exact) mass is 340 g/mol. The first kappa shape index (κ1) is 17.7. The molecule has 1 aliphatic heterocycles. The Labute approximate surface area is 142 Å². The first-order valence-electron chi connectivity index (χ1n) is 7.86. The molecule has 1 saturated heterocycles. The fraction of sp³-hybridized carbons (Fsp3) is 0.588. The van der Waals surface area contributed by atoms with Gasteiger partial charge in [-0.15, -0.1) is 0 Å². The number of halogens is 1. The minimum atomic E-state index is -0.471. The maximum absolute atomic E-state index is 12.2. The first-order chi connectivity index (χ1) is 10.8. The van der Waals surface area contributed by atoms with E-state index in [4.69, 9.17) is 21.1 Å². The Morgan fingerprint density at radius 3 is 2.78 bits per heavy atom. The van der Waals surface area contributed by atoms with Gasteiger partial charge in [0.05, 0.1) is 12.1 Å². The van der Waals surface area contributed by atoms with Crippen molar-refractivity contribution in [3.63, 3.8) is 0 Å². The van der Waals surface area contributed by atoms with Gasteiger partial charge in [0.2, 0.25) is 0 Å². The Morgan fingerprint density at radius 1 is 1.39 bits per heavy atom. The molecule has 0 radical (unpaired) electrons. The molecule has 1 N–H and O–H groups in total. The van der Waals surface area contributed by atoms with Gasteiger partial charge >= 0.3 is 6.09 Å². The van der Waals surface area contributed by atoms with Crippen molar-refractivity contribution in [1.29, 1.82) is 0 Å². The topological polar surface area (TPSA) is 50.8 Å². The number of methoxy groups -OCH3 is 1. The summed E-state index contributed by atoms with van der Waals surface area (Å²) >= 11 is 6.04. The van der Waals surface area contributed by atoms with Crippen molar-refractivity contribution in [2.24, 2.45) is 0 Å². The van der Waals surface area contributed by atoms with Crippen molar-refractivity contribution in [3.05, 3.63) is 23.2 Å². The van der Waals surface area contributed by atoms with E-state index in [9.17, 15) is 4.79 Å². The number of carbonyl (C=O) groups is 1. The number of hydrogen-bond acceptors (Lipinski definition) is 4. The molecule has 128 valence electrons. The third kappa shape index (κ3) is 5.20. The number of hydrogen-bond donors (Lipinski definition) is 1. The predicted octanol–water partition coefficient (Wildman–Crippen LogP) is 4.16. The van der Waals surface area contributed by atoms with Gasteiger partial charge in [-0.25, -0.2) is 4.79 Å². The van der Waals surface area contributed by atoms with Crippen molar-refractivity contribution in [2.45, 2.75) is 45.3 Å². The van der Waals surface area contributed by atoms with Crippen LogP contribution in [0, 0.1) is 0 Å². The Kier molecular flexibility index (Phi) is 5.63. The van der Waals surface area contributed by atoms with Crippen molar-refractivity contribution >= 4 is 23.4 Å². The van der Waals surface area contributed by atoms with Crippen LogP contribution in [0.3, 0.4) is 0 Å². The highest BCUT2D eigenvalue weighted by atomic mass is 35.5. The number of piperidine rings is 1. The second-order valence-electron chi connectivity index (χ2n) is 6.76. The Hall–Kier alpha value is -1.62. The number of amides is 1. The lowest BCUT2D eigenvalue weighted by molar-refractivity contribution is 0.0206. The van der Waals surface area contributed by atoms with Crippen LogP contribution in [0.5, 0.6) is 5.75 Å². The average molecular weight is 341 g/mol. The van der Waals surface area contributed by atoms with Crippen molar-refractivity contribution < 1.29 is 14.3 Å². The van der Waals surface area contributed by atoms with Crippen LogP contribution in [0.1, 0.15) is 33.6 Å². The van der Waals surface area contributed by atoms with Crippen LogP contribution in [0.25, 0.3) is 0 Å². The third-order valence-corrected chi connectivity index (χ3v) is 3.91. The first-order valence-corrected chi connectivity index (χ1v) is 8.24. The standard InChI is InChI=1S/C17H25ClN2O3/c1-17(2,3)23-16(21)20-9-5-6-13(11-20)19-12-7-8-14(18)15(10-12)22-4/h7-8,10,13,19H,5-6,9,11H2,1-4H3. The molecule has 1 fully saturated rings. The van der Waals surface area contributed by atoms with E-state index >= 15 is 0 Å². The normalized spacial score (nSPS) is 18.5. The summed E-state index contributed by atoms with van der Waals surface area (Å²) in [5, 5.41) is 4.02. The summed E-state index contributed by atoms with van der Waals surface area (Å²) in [5.74, 6) is 0.636. The molecule has 0 aliphatic carbocycles. The molecular weight excluding hydrogens is 316 g/mol.